The average molecular weight is 546 g/mol. The SMILES string of the molecule is C=C(Nc1cccc(-c2ccnc(Nc3ccc(C(=C)N(C)C(C)(C)C)cc3)n2)c1C)c1ccc(C(C)(C)C)cc1. The summed E-state index contributed by atoms with van der Waals surface area (Å²) in [4.78, 5) is 11.5. The first-order valence-corrected chi connectivity index (χ1v) is 14.0. The van der Waals surface area contributed by atoms with Crippen molar-refractivity contribution in [3.05, 3.63) is 114 Å². The van der Waals surface area contributed by atoms with Crippen LogP contribution in [0.3, 0.4) is 0 Å². The van der Waals surface area contributed by atoms with E-state index in [2.05, 4.69) is 138 Å². The lowest BCUT2D eigenvalue weighted by Crippen LogP contribution is -2.36. The summed E-state index contributed by atoms with van der Waals surface area (Å²) < 4.78 is 0. The Morgan fingerprint density at radius 2 is 1.44 bits per heavy atom. The second-order valence-electron chi connectivity index (χ2n) is 12.6. The van der Waals surface area contributed by atoms with E-state index in [1.165, 1.54) is 5.56 Å². The molecule has 2 N–H and O–H groups in total. The topological polar surface area (TPSA) is 53.1 Å². The zero-order valence-electron chi connectivity index (χ0n) is 25.8. The summed E-state index contributed by atoms with van der Waals surface area (Å²) in [6.07, 6.45) is 1.79. The van der Waals surface area contributed by atoms with E-state index in [0.29, 0.717) is 5.95 Å². The number of hydrogen-bond donors (Lipinski definition) is 2. The highest BCUT2D eigenvalue weighted by molar-refractivity contribution is 5.81. The number of rotatable bonds is 8. The van der Waals surface area contributed by atoms with Crippen molar-refractivity contribution in [3.63, 3.8) is 0 Å². The first-order valence-electron chi connectivity index (χ1n) is 14.0. The van der Waals surface area contributed by atoms with Crippen LogP contribution in [0.15, 0.2) is 92.2 Å². The van der Waals surface area contributed by atoms with E-state index in [4.69, 9.17) is 4.98 Å². The molecule has 0 fully saturated rings. The Kier molecular flexibility index (Phi) is 8.39. The molecule has 0 aliphatic rings. The Morgan fingerprint density at radius 1 is 0.805 bits per heavy atom. The van der Waals surface area contributed by atoms with Crippen molar-refractivity contribution in [1.29, 1.82) is 0 Å². The lowest BCUT2D eigenvalue weighted by Gasteiger charge is -2.35. The van der Waals surface area contributed by atoms with Gasteiger partial charge in [0.25, 0.3) is 0 Å². The Hall–Kier alpha value is -4.38. The molecule has 0 bridgehead atoms. The first-order chi connectivity index (χ1) is 19.2. The summed E-state index contributed by atoms with van der Waals surface area (Å²) in [6.45, 7) is 23.9. The number of anilines is 3. The number of nitrogens with zero attached hydrogens (tertiary/aromatic N) is 3. The van der Waals surface area contributed by atoms with Gasteiger partial charge in [-0.3, -0.25) is 0 Å². The van der Waals surface area contributed by atoms with Crippen LogP contribution in [0.4, 0.5) is 17.3 Å². The number of benzene rings is 3. The van der Waals surface area contributed by atoms with Gasteiger partial charge in [-0.15, -0.1) is 0 Å². The Morgan fingerprint density at radius 3 is 2.05 bits per heavy atom. The van der Waals surface area contributed by atoms with Crippen molar-refractivity contribution in [3.8, 4) is 11.3 Å². The third-order valence-corrected chi connectivity index (χ3v) is 7.54. The highest BCUT2D eigenvalue weighted by Crippen LogP contribution is 2.31. The molecule has 0 aliphatic heterocycles. The van der Waals surface area contributed by atoms with E-state index >= 15 is 0 Å². The van der Waals surface area contributed by atoms with Crippen molar-refractivity contribution in [2.45, 2.75) is 59.4 Å². The molecule has 0 radical (unpaired) electrons. The minimum Gasteiger partial charge on any atom is -0.370 e. The van der Waals surface area contributed by atoms with Crippen LogP contribution in [0.1, 0.15) is 63.8 Å². The highest BCUT2D eigenvalue weighted by Gasteiger charge is 2.19. The fourth-order valence-corrected chi connectivity index (χ4v) is 4.50. The summed E-state index contributed by atoms with van der Waals surface area (Å²) in [6, 6.07) is 24.9. The van der Waals surface area contributed by atoms with Crippen LogP contribution in [0, 0.1) is 6.92 Å². The van der Waals surface area contributed by atoms with E-state index in [1.54, 1.807) is 6.20 Å². The molecule has 3 aromatic carbocycles. The summed E-state index contributed by atoms with van der Waals surface area (Å²) in [5, 5.41) is 6.86. The highest BCUT2D eigenvalue weighted by atomic mass is 15.2. The minimum atomic E-state index is -0.00181. The van der Waals surface area contributed by atoms with Crippen LogP contribution in [0.25, 0.3) is 22.7 Å². The molecule has 41 heavy (non-hydrogen) atoms. The lowest BCUT2D eigenvalue weighted by molar-refractivity contribution is 0.266. The molecule has 212 valence electrons. The van der Waals surface area contributed by atoms with Gasteiger partial charge in [-0.05, 0) is 79.6 Å². The van der Waals surface area contributed by atoms with Crippen molar-refractivity contribution in [2.75, 3.05) is 17.7 Å². The zero-order valence-corrected chi connectivity index (χ0v) is 25.8. The van der Waals surface area contributed by atoms with Gasteiger partial charge in [-0.1, -0.05) is 82.5 Å². The van der Waals surface area contributed by atoms with Crippen molar-refractivity contribution >= 4 is 28.7 Å². The van der Waals surface area contributed by atoms with E-state index in [9.17, 15) is 0 Å². The molecule has 1 heterocycles. The largest absolute Gasteiger partial charge is 0.370 e. The summed E-state index contributed by atoms with van der Waals surface area (Å²) in [5.74, 6) is 0.544. The first kappa shape index (κ1) is 29.6. The standard InChI is InChI=1S/C36H43N5/c1-24-31(12-11-13-32(24)38-25(2)27-14-18-29(19-15-27)35(4,5)6)33-22-23-37-34(40-33)39-30-20-16-28(17-21-30)26(3)41(10)36(7,8)9/h11-23,38H,2-3H2,1,4-10H3,(H,37,39,40). The minimum absolute atomic E-state index is 0.00181. The monoisotopic (exact) mass is 545 g/mol. The van der Waals surface area contributed by atoms with E-state index in [1.807, 2.05) is 24.3 Å². The Labute approximate surface area is 246 Å². The van der Waals surface area contributed by atoms with Gasteiger partial charge in [0, 0.05) is 47.1 Å². The fourth-order valence-electron chi connectivity index (χ4n) is 4.50. The van der Waals surface area contributed by atoms with Gasteiger partial charge in [0.2, 0.25) is 5.95 Å². The van der Waals surface area contributed by atoms with Crippen LogP contribution >= 0.6 is 0 Å². The predicted molar refractivity (Wildman–Crippen MR) is 176 cm³/mol. The van der Waals surface area contributed by atoms with Crippen LogP contribution in [-0.2, 0) is 5.41 Å². The second-order valence-corrected chi connectivity index (χ2v) is 12.6. The molecule has 0 unspecified atom stereocenters. The molecule has 0 atom stereocenters. The van der Waals surface area contributed by atoms with E-state index < -0.39 is 0 Å². The van der Waals surface area contributed by atoms with Gasteiger partial charge in [-0.25, -0.2) is 9.97 Å². The molecule has 4 rings (SSSR count). The van der Waals surface area contributed by atoms with Crippen molar-refractivity contribution in [2.24, 2.45) is 0 Å². The molecule has 0 saturated heterocycles. The molecule has 0 spiro atoms. The smallest absolute Gasteiger partial charge is 0.227 e. The van der Waals surface area contributed by atoms with Crippen LogP contribution in [0.2, 0.25) is 0 Å². The maximum Gasteiger partial charge on any atom is 0.227 e. The molecule has 1 aromatic heterocycles. The maximum atomic E-state index is 4.83. The van der Waals surface area contributed by atoms with Gasteiger partial charge in [0.15, 0.2) is 0 Å². The molecular formula is C36H43N5. The molecule has 0 amide bonds. The van der Waals surface area contributed by atoms with Gasteiger partial charge in [0.1, 0.15) is 0 Å². The second kappa shape index (κ2) is 11.6. The van der Waals surface area contributed by atoms with Crippen LogP contribution in [-0.4, -0.2) is 27.5 Å². The van der Waals surface area contributed by atoms with Gasteiger partial charge in [-0.2, -0.15) is 0 Å². The number of nitrogens with one attached hydrogen (secondary N) is 2. The normalized spacial score (nSPS) is 11.6. The van der Waals surface area contributed by atoms with E-state index in [-0.39, 0.29) is 11.0 Å². The van der Waals surface area contributed by atoms with Gasteiger partial charge >= 0.3 is 0 Å². The fraction of sp³-hybridized carbons (Fsp3) is 0.278. The molecule has 4 aromatic rings. The summed E-state index contributed by atoms with van der Waals surface area (Å²) >= 11 is 0. The molecular weight excluding hydrogens is 502 g/mol. The maximum absolute atomic E-state index is 4.83. The predicted octanol–water partition coefficient (Wildman–Crippen LogP) is 9.28. The molecule has 5 heteroatoms. The lowest BCUT2D eigenvalue weighted by atomic mass is 9.86. The van der Waals surface area contributed by atoms with Crippen molar-refractivity contribution in [1.82, 2.24) is 14.9 Å². The zero-order chi connectivity index (χ0) is 29.9. The molecule has 0 saturated carbocycles. The van der Waals surface area contributed by atoms with Gasteiger partial charge in [0.05, 0.1) is 5.69 Å². The third-order valence-electron chi connectivity index (χ3n) is 7.54. The summed E-state index contributed by atoms with van der Waals surface area (Å²) in [7, 11) is 2.07. The Bertz CT molecular complexity index is 1540. The Balaban J connectivity index is 1.50. The molecule has 5 nitrogen and oxygen atoms in total. The number of hydrogen-bond acceptors (Lipinski definition) is 5. The van der Waals surface area contributed by atoms with Crippen molar-refractivity contribution < 1.29 is 0 Å². The molecule has 0 aliphatic carbocycles. The summed E-state index contributed by atoms with van der Waals surface area (Å²) in [5.41, 5.74) is 10.3. The van der Waals surface area contributed by atoms with Gasteiger partial charge < -0.3 is 15.5 Å². The third kappa shape index (κ3) is 7.04. The quantitative estimate of drug-likeness (QED) is 0.231. The van der Waals surface area contributed by atoms with Crippen LogP contribution in [0.5, 0.6) is 0 Å². The van der Waals surface area contributed by atoms with E-state index in [0.717, 1.165) is 50.7 Å². The average Bonchev–Trinajstić information content (AvgIpc) is 2.93. The number of aromatic nitrogens is 2. The van der Waals surface area contributed by atoms with Crippen LogP contribution < -0.4 is 10.6 Å².